The molecule has 0 aliphatic carbocycles. The number of nitrogens with one attached hydrogen (secondary N) is 1. The molecule has 0 atom stereocenters. The largest absolute Gasteiger partial charge is 0.494 e. The predicted molar refractivity (Wildman–Crippen MR) is 66.1 cm³/mol. The van der Waals surface area contributed by atoms with Crippen molar-refractivity contribution in [2.24, 2.45) is 0 Å². The highest BCUT2D eigenvalue weighted by molar-refractivity contribution is 5.58. The molecule has 0 bridgehead atoms. The normalized spacial score (nSPS) is 10.2. The summed E-state index contributed by atoms with van der Waals surface area (Å²) in [4.78, 5) is 18.2. The third-order valence-electron chi connectivity index (χ3n) is 2.31. The lowest BCUT2D eigenvalue weighted by Crippen LogP contribution is -2.09. The summed E-state index contributed by atoms with van der Waals surface area (Å²) < 4.78 is 5.47. The van der Waals surface area contributed by atoms with Crippen molar-refractivity contribution >= 4 is 0 Å². The van der Waals surface area contributed by atoms with E-state index < -0.39 is 0 Å². The summed E-state index contributed by atoms with van der Waals surface area (Å²) in [7, 11) is 0. The lowest BCUT2D eigenvalue weighted by atomic mass is 10.1. The molecule has 0 spiro atoms. The van der Waals surface area contributed by atoms with Crippen LogP contribution in [0.3, 0.4) is 0 Å². The highest BCUT2D eigenvalue weighted by Crippen LogP contribution is 2.17. The zero-order valence-electron chi connectivity index (χ0n) is 9.64. The van der Waals surface area contributed by atoms with E-state index in [4.69, 9.17) is 4.74 Å². The van der Waals surface area contributed by atoms with Crippen LogP contribution in [-0.2, 0) is 0 Å². The molecule has 0 aliphatic heterocycles. The fourth-order valence-corrected chi connectivity index (χ4v) is 1.49. The number of aromatic amines is 1. The zero-order chi connectivity index (χ0) is 12.1. The van der Waals surface area contributed by atoms with E-state index in [0.717, 1.165) is 17.7 Å². The van der Waals surface area contributed by atoms with Crippen LogP contribution in [0.2, 0.25) is 0 Å². The van der Waals surface area contributed by atoms with Gasteiger partial charge in [0, 0.05) is 18.0 Å². The van der Waals surface area contributed by atoms with Crippen molar-refractivity contribution in [1.82, 2.24) is 9.97 Å². The van der Waals surface area contributed by atoms with E-state index in [9.17, 15) is 4.79 Å². The fourth-order valence-electron chi connectivity index (χ4n) is 1.49. The predicted octanol–water partition coefficient (Wildman–Crippen LogP) is 2.23. The van der Waals surface area contributed by atoms with E-state index in [1.54, 1.807) is 6.20 Å². The number of ether oxygens (including phenoxy) is 1. The zero-order valence-corrected chi connectivity index (χ0v) is 9.64. The van der Waals surface area contributed by atoms with Gasteiger partial charge < -0.3 is 9.72 Å². The molecule has 17 heavy (non-hydrogen) atoms. The maximum Gasteiger partial charge on any atom is 0.274 e. The number of aromatic nitrogens is 2. The number of benzene rings is 1. The summed E-state index contributed by atoms with van der Waals surface area (Å²) in [5, 5.41) is 0. The van der Waals surface area contributed by atoms with Gasteiger partial charge in [-0.1, -0.05) is 6.92 Å². The lowest BCUT2D eigenvalue weighted by molar-refractivity contribution is 0.317. The van der Waals surface area contributed by atoms with Gasteiger partial charge in [0.25, 0.3) is 5.56 Å². The SMILES string of the molecule is CCCOc1ccc(-c2ncc[nH]c2=O)cc1. The van der Waals surface area contributed by atoms with E-state index in [-0.39, 0.29) is 5.56 Å². The molecule has 1 aromatic heterocycles. The molecule has 88 valence electrons. The third-order valence-corrected chi connectivity index (χ3v) is 2.31. The summed E-state index contributed by atoms with van der Waals surface area (Å²) in [6.07, 6.45) is 4.06. The Kier molecular flexibility index (Phi) is 3.55. The standard InChI is InChI=1S/C13H14N2O2/c1-2-9-17-11-5-3-10(4-6-11)12-13(16)15-8-7-14-12/h3-8H,2,9H2,1H3,(H,15,16). The first-order chi connectivity index (χ1) is 8.31. The molecule has 0 unspecified atom stereocenters. The molecule has 4 nitrogen and oxygen atoms in total. The van der Waals surface area contributed by atoms with Gasteiger partial charge in [0.05, 0.1) is 6.61 Å². The first-order valence-corrected chi connectivity index (χ1v) is 5.58. The summed E-state index contributed by atoms with van der Waals surface area (Å²) in [5.41, 5.74) is 1.03. The highest BCUT2D eigenvalue weighted by Gasteiger charge is 2.03. The average Bonchev–Trinajstić information content (AvgIpc) is 2.38. The Bertz CT molecular complexity index is 532. The van der Waals surface area contributed by atoms with Gasteiger partial charge in [0.1, 0.15) is 11.4 Å². The maximum atomic E-state index is 11.5. The van der Waals surface area contributed by atoms with Crippen molar-refractivity contribution in [3.8, 4) is 17.0 Å². The van der Waals surface area contributed by atoms with E-state index >= 15 is 0 Å². The van der Waals surface area contributed by atoms with Crippen LogP contribution in [0.4, 0.5) is 0 Å². The second kappa shape index (κ2) is 5.30. The van der Waals surface area contributed by atoms with Crippen LogP contribution < -0.4 is 10.3 Å². The summed E-state index contributed by atoms with van der Waals surface area (Å²) in [5.74, 6) is 0.808. The average molecular weight is 230 g/mol. The summed E-state index contributed by atoms with van der Waals surface area (Å²) >= 11 is 0. The Morgan fingerprint density at radius 2 is 2.06 bits per heavy atom. The molecule has 4 heteroatoms. The second-order valence-electron chi connectivity index (χ2n) is 3.64. The molecule has 2 rings (SSSR count). The molecular formula is C13H14N2O2. The van der Waals surface area contributed by atoms with Crippen LogP contribution in [0.1, 0.15) is 13.3 Å². The molecule has 1 N–H and O–H groups in total. The molecule has 1 aromatic carbocycles. The Balaban J connectivity index is 2.24. The first kappa shape index (κ1) is 11.4. The van der Waals surface area contributed by atoms with E-state index in [1.165, 1.54) is 6.20 Å². The van der Waals surface area contributed by atoms with Crippen LogP contribution in [0.25, 0.3) is 11.3 Å². The first-order valence-electron chi connectivity index (χ1n) is 5.58. The van der Waals surface area contributed by atoms with Gasteiger partial charge in [0.2, 0.25) is 0 Å². The van der Waals surface area contributed by atoms with Gasteiger partial charge in [0.15, 0.2) is 0 Å². The van der Waals surface area contributed by atoms with E-state index in [0.29, 0.717) is 12.3 Å². The fraction of sp³-hybridized carbons (Fsp3) is 0.231. The number of H-pyrrole nitrogens is 1. The third kappa shape index (κ3) is 2.72. The van der Waals surface area contributed by atoms with Crippen molar-refractivity contribution in [2.45, 2.75) is 13.3 Å². The molecule has 0 saturated carbocycles. The molecule has 0 aliphatic rings. The minimum atomic E-state index is -0.185. The van der Waals surface area contributed by atoms with Crippen molar-refractivity contribution in [2.75, 3.05) is 6.61 Å². The number of rotatable bonds is 4. The van der Waals surface area contributed by atoms with Crippen molar-refractivity contribution in [1.29, 1.82) is 0 Å². The number of hydrogen-bond donors (Lipinski definition) is 1. The maximum absolute atomic E-state index is 11.5. The van der Waals surface area contributed by atoms with Gasteiger partial charge in [-0.25, -0.2) is 4.98 Å². The van der Waals surface area contributed by atoms with Gasteiger partial charge in [-0.05, 0) is 30.7 Å². The molecule has 0 radical (unpaired) electrons. The van der Waals surface area contributed by atoms with Crippen LogP contribution in [0, 0.1) is 0 Å². The Morgan fingerprint density at radius 1 is 1.29 bits per heavy atom. The number of nitrogens with zero attached hydrogens (tertiary/aromatic N) is 1. The van der Waals surface area contributed by atoms with Gasteiger partial charge in [-0.3, -0.25) is 4.79 Å². The van der Waals surface area contributed by atoms with Gasteiger partial charge >= 0.3 is 0 Å². The minimum absolute atomic E-state index is 0.185. The summed E-state index contributed by atoms with van der Waals surface area (Å²) in [6.45, 7) is 2.76. The van der Waals surface area contributed by atoms with E-state index in [2.05, 4.69) is 16.9 Å². The van der Waals surface area contributed by atoms with Crippen LogP contribution in [0.5, 0.6) is 5.75 Å². The molecule has 2 aromatic rings. The smallest absolute Gasteiger partial charge is 0.274 e. The molecule has 1 heterocycles. The topological polar surface area (TPSA) is 55.0 Å². The lowest BCUT2D eigenvalue weighted by Gasteiger charge is -2.05. The summed E-state index contributed by atoms with van der Waals surface area (Å²) in [6, 6.07) is 7.36. The molecule has 0 fully saturated rings. The monoisotopic (exact) mass is 230 g/mol. The van der Waals surface area contributed by atoms with Crippen molar-refractivity contribution in [3.63, 3.8) is 0 Å². The van der Waals surface area contributed by atoms with Crippen LogP contribution in [0.15, 0.2) is 41.5 Å². The highest BCUT2D eigenvalue weighted by atomic mass is 16.5. The Morgan fingerprint density at radius 3 is 2.71 bits per heavy atom. The minimum Gasteiger partial charge on any atom is -0.494 e. The molecule has 0 amide bonds. The van der Waals surface area contributed by atoms with Gasteiger partial charge in [-0.2, -0.15) is 0 Å². The Hall–Kier alpha value is -2.10. The van der Waals surface area contributed by atoms with Crippen molar-refractivity contribution in [3.05, 3.63) is 47.0 Å². The second-order valence-corrected chi connectivity index (χ2v) is 3.64. The Labute approximate surface area is 99.3 Å². The van der Waals surface area contributed by atoms with Crippen LogP contribution >= 0.6 is 0 Å². The van der Waals surface area contributed by atoms with Gasteiger partial charge in [-0.15, -0.1) is 0 Å². The number of hydrogen-bond acceptors (Lipinski definition) is 3. The van der Waals surface area contributed by atoms with Crippen LogP contribution in [-0.4, -0.2) is 16.6 Å². The quantitative estimate of drug-likeness (QED) is 0.876. The van der Waals surface area contributed by atoms with E-state index in [1.807, 2.05) is 24.3 Å². The molecular weight excluding hydrogens is 216 g/mol. The van der Waals surface area contributed by atoms with Crippen molar-refractivity contribution < 1.29 is 4.74 Å². The molecule has 0 saturated heterocycles.